The minimum Gasteiger partial charge on any atom is -0.393 e. The molecule has 1 saturated carbocycles. The van der Waals surface area contributed by atoms with Gasteiger partial charge in [-0.25, -0.2) is 0 Å². The van der Waals surface area contributed by atoms with Gasteiger partial charge in [-0.3, -0.25) is 4.79 Å². The molecule has 2 aliphatic rings. The zero-order chi connectivity index (χ0) is 12.5. The fourth-order valence-corrected chi connectivity index (χ4v) is 3.38. The molecule has 3 unspecified atom stereocenters. The van der Waals surface area contributed by atoms with E-state index in [-0.39, 0.29) is 24.0 Å². The molecule has 1 aliphatic carbocycles. The van der Waals surface area contributed by atoms with E-state index < -0.39 is 0 Å². The van der Waals surface area contributed by atoms with Crippen LogP contribution in [0.5, 0.6) is 0 Å². The Bertz CT molecular complexity index is 418. The lowest BCUT2D eigenvalue weighted by atomic mass is 9.94. The molecule has 3 rings (SSSR count). The maximum Gasteiger partial charge on any atom is 0.276 e. The van der Waals surface area contributed by atoms with Gasteiger partial charge in [-0.2, -0.15) is 0 Å². The van der Waals surface area contributed by atoms with Gasteiger partial charge >= 0.3 is 0 Å². The number of hydrogen-bond acceptors (Lipinski definition) is 4. The first-order valence-corrected chi connectivity index (χ1v) is 6.67. The number of aliphatic hydroxyl groups is 1. The predicted molar refractivity (Wildman–Crippen MR) is 63.9 cm³/mol. The SMILES string of the molecule is O=C(c1ccon1)N1CCCC1C1CCCC1O. The Morgan fingerprint density at radius 3 is 2.94 bits per heavy atom. The molecule has 5 nitrogen and oxygen atoms in total. The molecular weight excluding hydrogens is 232 g/mol. The number of amides is 1. The second-order valence-electron chi connectivity index (χ2n) is 5.25. The summed E-state index contributed by atoms with van der Waals surface area (Å²) in [4.78, 5) is 14.2. The van der Waals surface area contributed by atoms with Crippen LogP contribution < -0.4 is 0 Å². The van der Waals surface area contributed by atoms with Gasteiger partial charge in [0.25, 0.3) is 5.91 Å². The summed E-state index contributed by atoms with van der Waals surface area (Å²) in [7, 11) is 0. The summed E-state index contributed by atoms with van der Waals surface area (Å²) in [6, 6.07) is 1.77. The third-order valence-corrected chi connectivity index (χ3v) is 4.24. The number of aliphatic hydroxyl groups excluding tert-OH is 1. The van der Waals surface area contributed by atoms with Crippen molar-refractivity contribution in [1.82, 2.24) is 10.1 Å². The summed E-state index contributed by atoms with van der Waals surface area (Å²) < 4.78 is 4.73. The Labute approximate surface area is 106 Å². The lowest BCUT2D eigenvalue weighted by Gasteiger charge is -2.30. The van der Waals surface area contributed by atoms with Crippen LogP contribution in [-0.2, 0) is 0 Å². The molecule has 0 spiro atoms. The van der Waals surface area contributed by atoms with E-state index >= 15 is 0 Å². The maximum atomic E-state index is 12.3. The summed E-state index contributed by atoms with van der Waals surface area (Å²) in [6.45, 7) is 0.763. The molecule has 18 heavy (non-hydrogen) atoms. The lowest BCUT2D eigenvalue weighted by molar-refractivity contribution is 0.0520. The van der Waals surface area contributed by atoms with Crippen molar-refractivity contribution in [3.8, 4) is 0 Å². The van der Waals surface area contributed by atoms with Gasteiger partial charge in [0.2, 0.25) is 0 Å². The van der Waals surface area contributed by atoms with Gasteiger partial charge in [0.1, 0.15) is 6.26 Å². The zero-order valence-corrected chi connectivity index (χ0v) is 10.3. The second-order valence-corrected chi connectivity index (χ2v) is 5.25. The molecule has 1 N–H and O–H groups in total. The van der Waals surface area contributed by atoms with Crippen LogP contribution in [0.1, 0.15) is 42.6 Å². The quantitative estimate of drug-likeness (QED) is 0.862. The smallest absolute Gasteiger partial charge is 0.276 e. The topological polar surface area (TPSA) is 66.6 Å². The highest BCUT2D eigenvalue weighted by molar-refractivity contribution is 5.92. The van der Waals surface area contributed by atoms with E-state index in [1.165, 1.54) is 6.26 Å². The van der Waals surface area contributed by atoms with Gasteiger partial charge in [0.15, 0.2) is 5.69 Å². The molecule has 2 fully saturated rings. The van der Waals surface area contributed by atoms with Crippen molar-refractivity contribution in [2.24, 2.45) is 5.92 Å². The second kappa shape index (κ2) is 4.72. The highest BCUT2D eigenvalue weighted by Gasteiger charge is 2.40. The van der Waals surface area contributed by atoms with Gasteiger partial charge in [0, 0.05) is 24.6 Å². The van der Waals surface area contributed by atoms with Crippen LogP contribution in [0.3, 0.4) is 0 Å². The standard InChI is InChI=1S/C13H18N2O3/c16-12-5-1-3-9(12)11-4-2-7-15(11)13(17)10-6-8-18-14-10/h6,8-9,11-12,16H,1-5,7H2. The van der Waals surface area contributed by atoms with Crippen LogP contribution in [0.15, 0.2) is 16.9 Å². The van der Waals surface area contributed by atoms with Crippen molar-refractivity contribution < 1.29 is 14.4 Å². The van der Waals surface area contributed by atoms with Crippen LogP contribution >= 0.6 is 0 Å². The van der Waals surface area contributed by atoms with Gasteiger partial charge in [-0.05, 0) is 25.7 Å². The first-order chi connectivity index (χ1) is 8.77. The Kier molecular flexibility index (Phi) is 3.07. The van der Waals surface area contributed by atoms with Crippen molar-refractivity contribution in [3.63, 3.8) is 0 Å². The molecule has 98 valence electrons. The first kappa shape index (κ1) is 11.7. The van der Waals surface area contributed by atoms with E-state index in [2.05, 4.69) is 5.16 Å². The average molecular weight is 250 g/mol. The third kappa shape index (κ3) is 1.92. The largest absolute Gasteiger partial charge is 0.393 e. The Balaban J connectivity index is 1.77. The molecule has 0 aromatic carbocycles. The minimum absolute atomic E-state index is 0.0645. The number of nitrogens with zero attached hydrogens (tertiary/aromatic N) is 2. The molecule has 1 aliphatic heterocycles. The van der Waals surface area contributed by atoms with Crippen molar-refractivity contribution in [2.75, 3.05) is 6.54 Å². The fraction of sp³-hybridized carbons (Fsp3) is 0.692. The summed E-state index contributed by atoms with van der Waals surface area (Å²) in [5.74, 6) is 0.175. The Morgan fingerprint density at radius 1 is 1.39 bits per heavy atom. The molecular formula is C13H18N2O3. The summed E-state index contributed by atoms with van der Waals surface area (Å²) in [6.07, 6.45) is 6.13. The molecule has 2 heterocycles. The molecule has 3 atom stereocenters. The van der Waals surface area contributed by atoms with Crippen LogP contribution in [0.25, 0.3) is 0 Å². The molecule has 0 radical (unpaired) electrons. The van der Waals surface area contributed by atoms with Crippen LogP contribution in [0, 0.1) is 5.92 Å². The third-order valence-electron chi connectivity index (χ3n) is 4.24. The highest BCUT2D eigenvalue weighted by atomic mass is 16.5. The van der Waals surface area contributed by atoms with Gasteiger partial charge in [0.05, 0.1) is 6.10 Å². The number of hydrogen-bond donors (Lipinski definition) is 1. The van der Waals surface area contributed by atoms with Crippen molar-refractivity contribution >= 4 is 5.91 Å². The van der Waals surface area contributed by atoms with E-state index in [4.69, 9.17) is 4.52 Å². The normalized spacial score (nSPS) is 32.1. The van der Waals surface area contributed by atoms with Crippen molar-refractivity contribution in [2.45, 2.75) is 44.2 Å². The highest BCUT2D eigenvalue weighted by Crippen LogP contribution is 2.36. The predicted octanol–water partition coefficient (Wildman–Crippen LogP) is 1.44. The molecule has 0 bridgehead atoms. The van der Waals surface area contributed by atoms with Crippen LogP contribution in [-0.4, -0.2) is 39.8 Å². The molecule has 1 amide bonds. The monoisotopic (exact) mass is 250 g/mol. The maximum absolute atomic E-state index is 12.3. The van der Waals surface area contributed by atoms with E-state index in [0.29, 0.717) is 5.69 Å². The summed E-state index contributed by atoms with van der Waals surface area (Å²) in [5, 5.41) is 13.7. The van der Waals surface area contributed by atoms with Crippen LogP contribution in [0.2, 0.25) is 0 Å². The van der Waals surface area contributed by atoms with E-state index in [1.54, 1.807) is 6.07 Å². The van der Waals surface area contributed by atoms with Gasteiger partial charge in [-0.15, -0.1) is 0 Å². The summed E-state index contributed by atoms with van der Waals surface area (Å²) >= 11 is 0. The lowest BCUT2D eigenvalue weighted by Crippen LogP contribution is -2.42. The Morgan fingerprint density at radius 2 is 2.28 bits per heavy atom. The zero-order valence-electron chi connectivity index (χ0n) is 10.3. The number of aromatic nitrogens is 1. The average Bonchev–Trinajstić information content (AvgIpc) is 3.09. The molecule has 1 aromatic rings. The Hall–Kier alpha value is -1.36. The number of carbonyl (C=O) groups excluding carboxylic acids is 1. The van der Waals surface area contributed by atoms with Crippen molar-refractivity contribution in [3.05, 3.63) is 18.0 Å². The fourth-order valence-electron chi connectivity index (χ4n) is 3.38. The number of likely N-dealkylation sites (tertiary alicyclic amines) is 1. The van der Waals surface area contributed by atoms with Crippen molar-refractivity contribution in [1.29, 1.82) is 0 Å². The van der Waals surface area contributed by atoms with E-state index in [9.17, 15) is 9.90 Å². The molecule has 5 heteroatoms. The van der Waals surface area contributed by atoms with E-state index in [1.807, 2.05) is 4.90 Å². The summed E-state index contributed by atoms with van der Waals surface area (Å²) in [5.41, 5.74) is 0.370. The molecule has 1 aromatic heterocycles. The molecule has 1 saturated heterocycles. The first-order valence-electron chi connectivity index (χ1n) is 6.67. The minimum atomic E-state index is -0.249. The number of rotatable bonds is 2. The number of carbonyl (C=O) groups is 1. The van der Waals surface area contributed by atoms with Crippen LogP contribution in [0.4, 0.5) is 0 Å². The van der Waals surface area contributed by atoms with Gasteiger partial charge < -0.3 is 14.5 Å². The van der Waals surface area contributed by atoms with E-state index in [0.717, 1.165) is 38.6 Å². The van der Waals surface area contributed by atoms with Gasteiger partial charge in [-0.1, -0.05) is 11.6 Å².